The molecule has 0 amide bonds. The summed E-state index contributed by atoms with van der Waals surface area (Å²) in [6, 6.07) is 6.16. The van der Waals surface area contributed by atoms with Gasteiger partial charge in [0.25, 0.3) is 0 Å². The van der Waals surface area contributed by atoms with Gasteiger partial charge in [-0.3, -0.25) is 0 Å². The zero-order chi connectivity index (χ0) is 13.8. The number of piperidine rings is 1. The number of likely N-dealkylation sites (tertiary alicyclic amines) is 1. The van der Waals surface area contributed by atoms with E-state index in [1.165, 1.54) is 37.1 Å². The first-order valence-corrected chi connectivity index (χ1v) is 7.67. The Morgan fingerprint density at radius 3 is 2.68 bits per heavy atom. The van der Waals surface area contributed by atoms with E-state index in [0.717, 1.165) is 17.5 Å². The second-order valence-corrected chi connectivity index (χ2v) is 6.28. The molecule has 1 saturated heterocycles. The predicted molar refractivity (Wildman–Crippen MR) is 82.8 cm³/mol. The number of hydrogen-bond donors (Lipinski definition) is 1. The van der Waals surface area contributed by atoms with Crippen LogP contribution in [0, 0.1) is 12.8 Å². The number of halogens is 1. The lowest BCUT2D eigenvalue weighted by molar-refractivity contribution is 0.183. The quantitative estimate of drug-likeness (QED) is 0.916. The zero-order valence-corrected chi connectivity index (χ0v) is 12.8. The van der Waals surface area contributed by atoms with E-state index >= 15 is 0 Å². The minimum absolute atomic E-state index is 0.395. The van der Waals surface area contributed by atoms with Crippen LogP contribution in [-0.4, -0.2) is 31.1 Å². The van der Waals surface area contributed by atoms with E-state index in [0.29, 0.717) is 12.5 Å². The SMILES string of the molecule is Cc1c(Cl)cccc1C(CN)CN1CCC(C)CC1. The predicted octanol–water partition coefficient (Wildman–Crippen LogP) is 3.42. The summed E-state index contributed by atoms with van der Waals surface area (Å²) in [6.45, 7) is 8.60. The van der Waals surface area contributed by atoms with Crippen LogP contribution in [-0.2, 0) is 0 Å². The van der Waals surface area contributed by atoms with Crippen LogP contribution >= 0.6 is 11.6 Å². The molecule has 1 fully saturated rings. The first kappa shape index (κ1) is 14.8. The maximum Gasteiger partial charge on any atom is 0.0438 e. The van der Waals surface area contributed by atoms with E-state index in [9.17, 15) is 0 Å². The Morgan fingerprint density at radius 2 is 2.05 bits per heavy atom. The Kier molecular flexibility index (Phi) is 5.26. The third-order valence-corrected chi connectivity index (χ3v) is 4.80. The fourth-order valence-corrected chi connectivity index (χ4v) is 3.10. The van der Waals surface area contributed by atoms with Crippen LogP contribution < -0.4 is 5.73 Å². The van der Waals surface area contributed by atoms with Gasteiger partial charge >= 0.3 is 0 Å². The molecule has 2 rings (SSSR count). The molecule has 1 aromatic carbocycles. The van der Waals surface area contributed by atoms with Gasteiger partial charge in [0.1, 0.15) is 0 Å². The van der Waals surface area contributed by atoms with Crippen molar-refractivity contribution in [1.29, 1.82) is 0 Å². The van der Waals surface area contributed by atoms with Crippen molar-refractivity contribution in [3.05, 3.63) is 34.3 Å². The standard InChI is InChI=1S/C16H25ClN2/c1-12-6-8-19(9-7-12)11-14(10-18)15-4-3-5-16(17)13(15)2/h3-5,12,14H,6-11,18H2,1-2H3. The van der Waals surface area contributed by atoms with Gasteiger partial charge in [-0.2, -0.15) is 0 Å². The number of hydrogen-bond acceptors (Lipinski definition) is 2. The van der Waals surface area contributed by atoms with Crippen LogP contribution in [0.3, 0.4) is 0 Å². The van der Waals surface area contributed by atoms with Crippen molar-refractivity contribution in [2.45, 2.75) is 32.6 Å². The summed E-state index contributed by atoms with van der Waals surface area (Å²) < 4.78 is 0. The van der Waals surface area contributed by atoms with Crippen molar-refractivity contribution in [1.82, 2.24) is 4.90 Å². The number of rotatable bonds is 4. The zero-order valence-electron chi connectivity index (χ0n) is 12.0. The van der Waals surface area contributed by atoms with E-state index < -0.39 is 0 Å². The summed E-state index contributed by atoms with van der Waals surface area (Å²) in [4.78, 5) is 2.55. The van der Waals surface area contributed by atoms with Gasteiger partial charge in [0.2, 0.25) is 0 Å². The molecule has 1 aliphatic rings. The fourth-order valence-electron chi connectivity index (χ4n) is 2.92. The van der Waals surface area contributed by atoms with Crippen LogP contribution in [0.25, 0.3) is 0 Å². The third-order valence-electron chi connectivity index (χ3n) is 4.39. The lowest BCUT2D eigenvalue weighted by Crippen LogP contribution is -2.37. The Balaban J connectivity index is 2.05. The van der Waals surface area contributed by atoms with Gasteiger partial charge in [0.15, 0.2) is 0 Å². The highest BCUT2D eigenvalue weighted by molar-refractivity contribution is 6.31. The molecule has 0 spiro atoms. The first-order valence-electron chi connectivity index (χ1n) is 7.29. The van der Waals surface area contributed by atoms with Gasteiger partial charge in [-0.25, -0.2) is 0 Å². The molecular formula is C16H25ClN2. The van der Waals surface area contributed by atoms with Crippen LogP contribution in [0.15, 0.2) is 18.2 Å². The highest BCUT2D eigenvalue weighted by Gasteiger charge is 2.21. The molecule has 1 heterocycles. The molecule has 106 valence electrons. The van der Waals surface area contributed by atoms with Crippen molar-refractivity contribution in [2.24, 2.45) is 11.7 Å². The normalized spacial score (nSPS) is 19.6. The van der Waals surface area contributed by atoms with Crippen molar-refractivity contribution in [3.8, 4) is 0 Å². The highest BCUT2D eigenvalue weighted by atomic mass is 35.5. The molecule has 1 aromatic rings. The summed E-state index contributed by atoms with van der Waals surface area (Å²) in [6.07, 6.45) is 2.62. The number of benzene rings is 1. The van der Waals surface area contributed by atoms with Gasteiger partial charge < -0.3 is 10.6 Å². The monoisotopic (exact) mass is 280 g/mol. The minimum Gasteiger partial charge on any atom is -0.330 e. The van der Waals surface area contributed by atoms with E-state index in [1.54, 1.807) is 0 Å². The van der Waals surface area contributed by atoms with Crippen LogP contribution in [0.5, 0.6) is 0 Å². The van der Waals surface area contributed by atoms with Gasteiger partial charge in [-0.1, -0.05) is 30.7 Å². The molecular weight excluding hydrogens is 256 g/mol. The molecule has 0 saturated carbocycles. The topological polar surface area (TPSA) is 29.3 Å². The Labute approximate surface area is 121 Å². The van der Waals surface area contributed by atoms with Crippen molar-refractivity contribution >= 4 is 11.6 Å². The molecule has 3 heteroatoms. The summed E-state index contributed by atoms with van der Waals surface area (Å²) in [5.74, 6) is 1.27. The Bertz CT molecular complexity index is 411. The molecule has 1 atom stereocenters. The van der Waals surface area contributed by atoms with E-state index in [4.69, 9.17) is 17.3 Å². The summed E-state index contributed by atoms with van der Waals surface area (Å²) in [5, 5.41) is 0.850. The molecule has 1 unspecified atom stereocenters. The van der Waals surface area contributed by atoms with Crippen molar-refractivity contribution < 1.29 is 0 Å². The van der Waals surface area contributed by atoms with E-state index in [2.05, 4.69) is 24.8 Å². The number of nitrogens with two attached hydrogens (primary N) is 1. The molecule has 2 N–H and O–H groups in total. The Hall–Kier alpha value is -0.570. The second kappa shape index (κ2) is 6.74. The summed E-state index contributed by atoms with van der Waals surface area (Å²) in [7, 11) is 0. The van der Waals surface area contributed by atoms with Crippen molar-refractivity contribution in [2.75, 3.05) is 26.2 Å². The summed E-state index contributed by atoms with van der Waals surface area (Å²) >= 11 is 6.22. The molecule has 0 bridgehead atoms. The van der Waals surface area contributed by atoms with Crippen LogP contribution in [0.1, 0.15) is 36.8 Å². The molecule has 0 aromatic heterocycles. The molecule has 19 heavy (non-hydrogen) atoms. The van der Waals surface area contributed by atoms with E-state index in [-0.39, 0.29) is 0 Å². The Morgan fingerprint density at radius 1 is 1.37 bits per heavy atom. The number of nitrogens with zero attached hydrogens (tertiary/aromatic N) is 1. The van der Waals surface area contributed by atoms with Crippen LogP contribution in [0.4, 0.5) is 0 Å². The maximum absolute atomic E-state index is 6.22. The first-order chi connectivity index (χ1) is 9.11. The smallest absolute Gasteiger partial charge is 0.0438 e. The molecule has 2 nitrogen and oxygen atoms in total. The van der Waals surface area contributed by atoms with E-state index in [1.807, 2.05) is 12.1 Å². The van der Waals surface area contributed by atoms with Gasteiger partial charge in [0, 0.05) is 24.0 Å². The van der Waals surface area contributed by atoms with Gasteiger partial charge in [-0.15, -0.1) is 0 Å². The molecule has 1 aliphatic heterocycles. The molecule has 0 aliphatic carbocycles. The third kappa shape index (κ3) is 3.71. The lowest BCUT2D eigenvalue weighted by atomic mass is 9.92. The molecule has 0 radical (unpaired) electrons. The second-order valence-electron chi connectivity index (χ2n) is 5.87. The average Bonchev–Trinajstić information content (AvgIpc) is 2.42. The van der Waals surface area contributed by atoms with Crippen molar-refractivity contribution in [3.63, 3.8) is 0 Å². The fraction of sp³-hybridized carbons (Fsp3) is 0.625. The average molecular weight is 281 g/mol. The maximum atomic E-state index is 6.22. The van der Waals surface area contributed by atoms with Gasteiger partial charge in [0.05, 0.1) is 0 Å². The minimum atomic E-state index is 0.395. The largest absolute Gasteiger partial charge is 0.330 e. The van der Waals surface area contributed by atoms with Crippen LogP contribution in [0.2, 0.25) is 5.02 Å². The van der Waals surface area contributed by atoms with Gasteiger partial charge in [-0.05, 0) is 56.0 Å². The lowest BCUT2D eigenvalue weighted by Gasteiger charge is -2.33. The highest BCUT2D eigenvalue weighted by Crippen LogP contribution is 2.27. The summed E-state index contributed by atoms with van der Waals surface area (Å²) in [5.41, 5.74) is 8.50.